The van der Waals surface area contributed by atoms with E-state index >= 15 is 0 Å². The van der Waals surface area contributed by atoms with Crippen LogP contribution in [0.5, 0.6) is 0 Å². The van der Waals surface area contributed by atoms with Crippen molar-refractivity contribution < 1.29 is 10.0 Å². The summed E-state index contributed by atoms with van der Waals surface area (Å²) >= 11 is 0. The lowest BCUT2D eigenvalue weighted by Crippen LogP contribution is -2.23. The van der Waals surface area contributed by atoms with Crippen molar-refractivity contribution in [1.29, 1.82) is 0 Å². The molecule has 0 fully saturated rings. The molecule has 0 bridgehead atoms. The molecule has 0 spiro atoms. The summed E-state index contributed by atoms with van der Waals surface area (Å²) in [4.78, 5) is 14.0. The van der Waals surface area contributed by atoms with Crippen molar-refractivity contribution in [3.05, 3.63) is 36.0 Å². The highest BCUT2D eigenvalue weighted by molar-refractivity contribution is 5.83. The van der Waals surface area contributed by atoms with Crippen molar-refractivity contribution in [2.75, 3.05) is 0 Å². The molecule has 0 unspecified atom stereocenters. The Hall–Kier alpha value is -1.81. The molecule has 0 aliphatic rings. The number of amides is 1. The quantitative estimate of drug-likeness (QED) is 0.580. The molecule has 15 heavy (non-hydrogen) atoms. The van der Waals surface area contributed by atoms with Gasteiger partial charge in [0.15, 0.2) is 0 Å². The molecule has 0 atom stereocenters. The molecule has 0 saturated carbocycles. The minimum absolute atomic E-state index is 0.208. The van der Waals surface area contributed by atoms with Crippen molar-refractivity contribution in [1.82, 2.24) is 10.0 Å². The van der Waals surface area contributed by atoms with Gasteiger partial charge < -0.3 is 4.98 Å². The molecule has 1 aromatic heterocycles. The van der Waals surface area contributed by atoms with E-state index in [2.05, 4.69) is 4.98 Å². The fraction of sp³-hybridized carbons (Fsp3) is 0.182. The van der Waals surface area contributed by atoms with Crippen molar-refractivity contribution in [3.8, 4) is 0 Å². The van der Waals surface area contributed by atoms with Gasteiger partial charge in [0, 0.05) is 24.0 Å². The molecule has 1 heterocycles. The number of rotatable bonds is 2. The van der Waals surface area contributed by atoms with Gasteiger partial charge >= 0.3 is 0 Å². The van der Waals surface area contributed by atoms with Crippen LogP contribution in [0.3, 0.4) is 0 Å². The summed E-state index contributed by atoms with van der Waals surface area (Å²) in [6.45, 7) is 1.54. The number of aromatic amines is 1. The zero-order chi connectivity index (χ0) is 10.8. The second-order valence-electron chi connectivity index (χ2n) is 3.44. The smallest absolute Gasteiger partial charge is 0.243 e. The summed E-state index contributed by atoms with van der Waals surface area (Å²) < 4.78 is 0. The van der Waals surface area contributed by atoms with Gasteiger partial charge in [0.1, 0.15) is 0 Å². The van der Waals surface area contributed by atoms with E-state index < -0.39 is 0 Å². The number of nitrogens with zero attached hydrogens (tertiary/aromatic N) is 1. The zero-order valence-electron chi connectivity index (χ0n) is 8.40. The minimum atomic E-state index is -0.361. The van der Waals surface area contributed by atoms with E-state index in [1.165, 1.54) is 6.92 Å². The van der Waals surface area contributed by atoms with Crippen LogP contribution in [-0.2, 0) is 11.3 Å². The van der Waals surface area contributed by atoms with E-state index in [-0.39, 0.29) is 12.5 Å². The van der Waals surface area contributed by atoms with Crippen molar-refractivity contribution in [2.24, 2.45) is 0 Å². The summed E-state index contributed by atoms with van der Waals surface area (Å²) in [5.41, 5.74) is 1.91. The van der Waals surface area contributed by atoms with Crippen molar-refractivity contribution >= 4 is 16.8 Å². The number of benzene rings is 1. The predicted octanol–water partition coefficient (Wildman–Crippen LogP) is 1.91. The molecular formula is C11H12N2O2. The van der Waals surface area contributed by atoms with E-state index in [0.29, 0.717) is 5.06 Å². The Labute approximate surface area is 87.1 Å². The Morgan fingerprint density at radius 1 is 1.47 bits per heavy atom. The lowest BCUT2D eigenvalue weighted by molar-refractivity contribution is -0.165. The third-order valence-corrected chi connectivity index (χ3v) is 2.36. The first-order valence-corrected chi connectivity index (χ1v) is 4.70. The maximum absolute atomic E-state index is 10.9. The maximum Gasteiger partial charge on any atom is 0.243 e. The number of hydroxylamine groups is 2. The molecule has 2 aromatic rings. The predicted molar refractivity (Wildman–Crippen MR) is 56.3 cm³/mol. The van der Waals surface area contributed by atoms with Crippen LogP contribution in [0.2, 0.25) is 0 Å². The highest BCUT2D eigenvalue weighted by atomic mass is 16.5. The zero-order valence-corrected chi connectivity index (χ0v) is 8.40. The van der Waals surface area contributed by atoms with E-state index in [0.717, 1.165) is 16.5 Å². The molecular weight excluding hydrogens is 192 g/mol. The second-order valence-corrected chi connectivity index (χ2v) is 3.44. The van der Waals surface area contributed by atoms with E-state index in [4.69, 9.17) is 0 Å². The Bertz CT molecular complexity index is 490. The number of hydrogen-bond donors (Lipinski definition) is 2. The van der Waals surface area contributed by atoms with Gasteiger partial charge in [0.2, 0.25) is 5.91 Å². The van der Waals surface area contributed by atoms with Crippen LogP contribution in [-0.4, -0.2) is 21.2 Å². The van der Waals surface area contributed by atoms with E-state index in [9.17, 15) is 10.0 Å². The summed E-state index contributed by atoms with van der Waals surface area (Å²) in [7, 11) is 0. The van der Waals surface area contributed by atoms with Crippen LogP contribution in [0.15, 0.2) is 30.5 Å². The second kappa shape index (κ2) is 3.74. The third kappa shape index (κ3) is 1.85. The number of aromatic nitrogens is 1. The van der Waals surface area contributed by atoms with E-state index in [1.54, 1.807) is 6.20 Å². The lowest BCUT2D eigenvalue weighted by atomic mass is 10.2. The molecule has 4 heteroatoms. The van der Waals surface area contributed by atoms with Gasteiger partial charge in [-0.1, -0.05) is 18.2 Å². The number of carbonyl (C=O) groups excluding carboxylic acids is 1. The van der Waals surface area contributed by atoms with Gasteiger partial charge in [0.25, 0.3) is 0 Å². The standard InChI is InChI=1S/C11H12N2O2/c1-8(14)13(15)7-9-6-12-11-5-3-2-4-10(9)11/h2-6,12,15H,7H2,1H3. The number of fused-ring (bicyclic) bond motifs is 1. The highest BCUT2D eigenvalue weighted by Crippen LogP contribution is 2.18. The van der Waals surface area contributed by atoms with Crippen LogP contribution in [0.4, 0.5) is 0 Å². The van der Waals surface area contributed by atoms with Gasteiger partial charge in [0.05, 0.1) is 6.54 Å². The van der Waals surface area contributed by atoms with Crippen LogP contribution in [0, 0.1) is 0 Å². The first kappa shape index (κ1) is 9.73. The number of carbonyl (C=O) groups is 1. The molecule has 1 amide bonds. The largest absolute Gasteiger partial charge is 0.361 e. The molecule has 0 saturated heterocycles. The fourth-order valence-electron chi connectivity index (χ4n) is 1.54. The minimum Gasteiger partial charge on any atom is -0.361 e. The number of H-pyrrole nitrogens is 1. The normalized spacial score (nSPS) is 10.5. The first-order chi connectivity index (χ1) is 7.18. The SMILES string of the molecule is CC(=O)N(O)Cc1c[nH]c2ccccc12. The average Bonchev–Trinajstić information content (AvgIpc) is 2.62. The third-order valence-electron chi connectivity index (χ3n) is 2.36. The molecule has 2 N–H and O–H groups in total. The van der Waals surface area contributed by atoms with Gasteiger partial charge in [-0.2, -0.15) is 0 Å². The summed E-state index contributed by atoms with van der Waals surface area (Å²) in [6.07, 6.45) is 1.80. The molecule has 0 radical (unpaired) electrons. The topological polar surface area (TPSA) is 56.3 Å². The fourth-order valence-corrected chi connectivity index (χ4v) is 1.54. The molecule has 0 aliphatic heterocycles. The van der Waals surface area contributed by atoms with E-state index in [1.807, 2.05) is 24.3 Å². The van der Waals surface area contributed by atoms with Crippen LogP contribution in [0.1, 0.15) is 12.5 Å². The van der Waals surface area contributed by atoms with Crippen LogP contribution >= 0.6 is 0 Å². The lowest BCUT2D eigenvalue weighted by Gasteiger charge is -2.11. The molecule has 78 valence electrons. The average molecular weight is 204 g/mol. The summed E-state index contributed by atoms with van der Waals surface area (Å²) in [5.74, 6) is -0.361. The Morgan fingerprint density at radius 2 is 2.20 bits per heavy atom. The van der Waals surface area contributed by atoms with Gasteiger partial charge in [-0.15, -0.1) is 0 Å². The Morgan fingerprint density at radius 3 is 2.93 bits per heavy atom. The molecule has 0 aliphatic carbocycles. The molecule has 4 nitrogen and oxygen atoms in total. The van der Waals surface area contributed by atoms with Crippen LogP contribution < -0.4 is 0 Å². The maximum atomic E-state index is 10.9. The van der Waals surface area contributed by atoms with Crippen LogP contribution in [0.25, 0.3) is 10.9 Å². The highest BCUT2D eigenvalue weighted by Gasteiger charge is 2.09. The number of nitrogens with one attached hydrogen (secondary N) is 1. The molecule has 1 aromatic carbocycles. The monoisotopic (exact) mass is 204 g/mol. The Kier molecular flexibility index (Phi) is 2.43. The number of para-hydroxylation sites is 1. The van der Waals surface area contributed by atoms with Gasteiger partial charge in [-0.05, 0) is 11.6 Å². The van der Waals surface area contributed by atoms with Gasteiger partial charge in [-0.3, -0.25) is 10.0 Å². The first-order valence-electron chi connectivity index (χ1n) is 4.70. The van der Waals surface area contributed by atoms with Gasteiger partial charge in [-0.25, -0.2) is 5.06 Å². The summed E-state index contributed by atoms with van der Waals surface area (Å²) in [6, 6.07) is 7.77. The Balaban J connectivity index is 2.32. The van der Waals surface area contributed by atoms with Crippen molar-refractivity contribution in [2.45, 2.75) is 13.5 Å². The molecule has 2 rings (SSSR count). The van der Waals surface area contributed by atoms with Crippen molar-refractivity contribution in [3.63, 3.8) is 0 Å². The summed E-state index contributed by atoms with van der Waals surface area (Å²) in [5, 5.41) is 11.1. The number of hydrogen-bond acceptors (Lipinski definition) is 2.